The van der Waals surface area contributed by atoms with E-state index in [1.165, 1.54) is 0 Å². The van der Waals surface area contributed by atoms with Gasteiger partial charge in [0.05, 0.1) is 18.3 Å². The molecule has 1 rings (SSSR count). The minimum atomic E-state index is -1.02. The fourth-order valence-electron chi connectivity index (χ4n) is 1.07. The van der Waals surface area contributed by atoms with Gasteiger partial charge in [0.2, 0.25) is 0 Å². The quantitative estimate of drug-likeness (QED) is 0.681. The molecule has 0 bridgehead atoms. The van der Waals surface area contributed by atoms with Crippen molar-refractivity contribution < 1.29 is 18.8 Å². The van der Waals surface area contributed by atoms with Crippen molar-refractivity contribution in [3.63, 3.8) is 0 Å². The van der Waals surface area contributed by atoms with Crippen LogP contribution in [0.4, 0.5) is 0 Å². The van der Waals surface area contributed by atoms with E-state index in [9.17, 15) is 9.00 Å². The smallest absolute Gasteiger partial charge is 0.304 e. The van der Waals surface area contributed by atoms with Crippen LogP contribution in [0.5, 0.6) is 0 Å². The monoisotopic (exact) mass is 192 g/mol. The Bertz CT molecular complexity index is 186. The second kappa shape index (κ2) is 4.57. The lowest BCUT2D eigenvalue weighted by molar-refractivity contribution is -0.136. The van der Waals surface area contributed by atoms with Gasteiger partial charge in [-0.2, -0.15) is 0 Å². The van der Waals surface area contributed by atoms with E-state index in [-0.39, 0.29) is 17.4 Å². The molecule has 1 aliphatic rings. The molecule has 1 N–H and O–H groups in total. The molecule has 5 heteroatoms. The van der Waals surface area contributed by atoms with Crippen molar-refractivity contribution in [3.05, 3.63) is 0 Å². The van der Waals surface area contributed by atoms with Gasteiger partial charge in [-0.05, 0) is 6.42 Å². The van der Waals surface area contributed by atoms with E-state index in [4.69, 9.17) is 9.84 Å². The Morgan fingerprint density at radius 3 is 2.92 bits per heavy atom. The summed E-state index contributed by atoms with van der Waals surface area (Å²) in [6.45, 7) is 1.18. The van der Waals surface area contributed by atoms with Gasteiger partial charge < -0.3 is 9.84 Å². The minimum absolute atomic E-state index is 0.0108. The number of ether oxygens (including phenoxy) is 1. The van der Waals surface area contributed by atoms with Crippen LogP contribution in [-0.2, 0) is 20.3 Å². The second-order valence-corrected chi connectivity index (χ2v) is 4.55. The summed E-state index contributed by atoms with van der Waals surface area (Å²) >= 11 is 0. The summed E-state index contributed by atoms with van der Waals surface area (Å²) in [5, 5.41) is 8.40. The van der Waals surface area contributed by atoms with Gasteiger partial charge in [-0.15, -0.1) is 0 Å². The predicted molar refractivity (Wildman–Crippen MR) is 44.5 cm³/mol. The van der Waals surface area contributed by atoms with E-state index in [1.807, 2.05) is 0 Å². The first-order valence-corrected chi connectivity index (χ1v) is 5.25. The lowest BCUT2D eigenvalue weighted by Crippen LogP contribution is -2.19. The summed E-state index contributed by atoms with van der Waals surface area (Å²) in [5.41, 5.74) is 0. The fourth-order valence-corrected chi connectivity index (χ4v) is 2.39. The van der Waals surface area contributed by atoms with Crippen molar-refractivity contribution in [1.82, 2.24) is 0 Å². The number of carboxylic acids is 1. The Balaban J connectivity index is 2.23. The summed E-state index contributed by atoms with van der Waals surface area (Å²) in [6, 6.07) is 0. The van der Waals surface area contributed by atoms with E-state index >= 15 is 0 Å². The highest BCUT2D eigenvalue weighted by Crippen LogP contribution is 2.11. The number of hydrogen-bond acceptors (Lipinski definition) is 3. The summed E-state index contributed by atoms with van der Waals surface area (Å²) in [7, 11) is -1.02. The van der Waals surface area contributed by atoms with Crippen molar-refractivity contribution in [1.29, 1.82) is 0 Å². The van der Waals surface area contributed by atoms with E-state index in [1.54, 1.807) is 0 Å². The maximum absolute atomic E-state index is 11.3. The van der Waals surface area contributed by atoms with Crippen LogP contribution in [0, 0.1) is 0 Å². The van der Waals surface area contributed by atoms with Crippen molar-refractivity contribution in [3.8, 4) is 0 Å². The van der Waals surface area contributed by atoms with Crippen LogP contribution >= 0.6 is 0 Å². The first-order chi connectivity index (χ1) is 5.70. The van der Waals surface area contributed by atoms with E-state index in [0.717, 1.165) is 6.42 Å². The largest absolute Gasteiger partial charge is 0.481 e. The molecule has 1 heterocycles. The molecule has 1 saturated heterocycles. The molecule has 4 nitrogen and oxygen atoms in total. The van der Waals surface area contributed by atoms with Crippen molar-refractivity contribution in [2.45, 2.75) is 18.1 Å². The third-order valence-corrected chi connectivity index (χ3v) is 3.50. The summed E-state index contributed by atoms with van der Waals surface area (Å²) in [6.07, 6.45) is 0.787. The number of hydrogen-bond donors (Lipinski definition) is 1. The van der Waals surface area contributed by atoms with Crippen LogP contribution in [0.1, 0.15) is 12.8 Å². The molecule has 0 spiro atoms. The molecule has 0 amide bonds. The van der Waals surface area contributed by atoms with E-state index < -0.39 is 16.8 Å². The van der Waals surface area contributed by atoms with Crippen molar-refractivity contribution in [2.75, 3.05) is 19.0 Å². The Hall–Kier alpha value is -0.420. The van der Waals surface area contributed by atoms with Gasteiger partial charge in [-0.25, -0.2) is 0 Å². The van der Waals surface area contributed by atoms with E-state index in [2.05, 4.69) is 0 Å². The third kappa shape index (κ3) is 2.91. The summed E-state index contributed by atoms with van der Waals surface area (Å²) in [4.78, 5) is 10.2. The van der Waals surface area contributed by atoms with Gasteiger partial charge in [-0.3, -0.25) is 9.00 Å². The highest BCUT2D eigenvalue weighted by Gasteiger charge is 2.22. The third-order valence-electron chi connectivity index (χ3n) is 1.78. The molecular formula is C7H12O4S. The topological polar surface area (TPSA) is 63.6 Å². The molecule has 0 radical (unpaired) electrons. The average molecular weight is 192 g/mol. The van der Waals surface area contributed by atoms with Gasteiger partial charge in [-0.1, -0.05) is 0 Å². The second-order valence-electron chi connectivity index (χ2n) is 2.71. The summed E-state index contributed by atoms with van der Waals surface area (Å²) < 4.78 is 16.4. The zero-order valence-corrected chi connectivity index (χ0v) is 7.51. The molecule has 70 valence electrons. The Kier molecular flexibility index (Phi) is 3.68. The van der Waals surface area contributed by atoms with Gasteiger partial charge in [0, 0.05) is 23.2 Å². The zero-order chi connectivity index (χ0) is 8.97. The van der Waals surface area contributed by atoms with Crippen LogP contribution in [-0.4, -0.2) is 39.5 Å². The molecule has 1 aliphatic heterocycles. The highest BCUT2D eigenvalue weighted by molar-refractivity contribution is 7.85. The molecule has 2 unspecified atom stereocenters. The molecule has 0 aromatic carbocycles. The van der Waals surface area contributed by atoms with Crippen LogP contribution in [0.15, 0.2) is 0 Å². The average Bonchev–Trinajstić information content (AvgIpc) is 2.51. The van der Waals surface area contributed by atoms with Crippen molar-refractivity contribution in [2.24, 2.45) is 0 Å². The van der Waals surface area contributed by atoms with Crippen LogP contribution in [0.2, 0.25) is 0 Å². The van der Waals surface area contributed by atoms with Crippen molar-refractivity contribution >= 4 is 16.8 Å². The van der Waals surface area contributed by atoms with Gasteiger partial charge in [0.15, 0.2) is 0 Å². The Labute approximate surface area is 73.4 Å². The summed E-state index contributed by atoms with van der Waals surface area (Å²) in [5.74, 6) is -0.633. The maximum Gasteiger partial charge on any atom is 0.304 e. The molecular weight excluding hydrogens is 180 g/mol. The molecule has 0 aromatic rings. The number of aliphatic carboxylic acids is 1. The van der Waals surface area contributed by atoms with Crippen LogP contribution in [0.25, 0.3) is 0 Å². The number of rotatable bonds is 4. The Morgan fingerprint density at radius 1 is 1.67 bits per heavy atom. The lowest BCUT2D eigenvalue weighted by Gasteiger charge is -2.05. The predicted octanol–water partition coefficient (Wildman–Crippen LogP) is -0.00130. The first kappa shape index (κ1) is 9.67. The number of carboxylic acid groups (broad SMARTS) is 1. The molecule has 0 aromatic heterocycles. The van der Waals surface area contributed by atoms with Crippen LogP contribution in [0.3, 0.4) is 0 Å². The minimum Gasteiger partial charge on any atom is -0.481 e. The normalized spacial score (nSPS) is 25.5. The van der Waals surface area contributed by atoms with Gasteiger partial charge >= 0.3 is 5.97 Å². The molecule has 0 saturated carbocycles. The SMILES string of the molecule is O=C(O)CCS(=O)C1CCOC1. The lowest BCUT2D eigenvalue weighted by atomic mass is 10.4. The molecule has 12 heavy (non-hydrogen) atoms. The maximum atomic E-state index is 11.3. The highest BCUT2D eigenvalue weighted by atomic mass is 32.2. The fraction of sp³-hybridized carbons (Fsp3) is 0.857. The standard InChI is InChI=1S/C7H12O4S/c8-7(9)2-4-12(10)6-1-3-11-5-6/h6H,1-5H2,(H,8,9). The van der Waals surface area contributed by atoms with Gasteiger partial charge in [0.1, 0.15) is 0 Å². The molecule has 0 aliphatic carbocycles. The zero-order valence-electron chi connectivity index (χ0n) is 6.69. The van der Waals surface area contributed by atoms with E-state index in [0.29, 0.717) is 13.2 Å². The Morgan fingerprint density at radius 2 is 2.42 bits per heavy atom. The first-order valence-electron chi connectivity index (χ1n) is 3.87. The van der Waals surface area contributed by atoms with Gasteiger partial charge in [0.25, 0.3) is 0 Å². The molecule has 2 atom stereocenters. The molecule has 1 fully saturated rings. The number of carbonyl (C=O) groups is 1. The van der Waals surface area contributed by atoms with Crippen LogP contribution < -0.4 is 0 Å².